The van der Waals surface area contributed by atoms with Crippen LogP contribution in [0.25, 0.3) is 0 Å². The van der Waals surface area contributed by atoms with E-state index >= 15 is 0 Å². The van der Waals surface area contributed by atoms with Gasteiger partial charge in [0.15, 0.2) is 0 Å². The van der Waals surface area contributed by atoms with Crippen LogP contribution in [0, 0.1) is 5.82 Å². The summed E-state index contributed by atoms with van der Waals surface area (Å²) < 4.78 is 43.9. The van der Waals surface area contributed by atoms with Gasteiger partial charge in [0.1, 0.15) is 5.82 Å². The van der Waals surface area contributed by atoms with Gasteiger partial charge in [-0.3, -0.25) is 0 Å². The minimum absolute atomic E-state index is 0.280. The van der Waals surface area contributed by atoms with E-state index in [4.69, 9.17) is 0 Å². The van der Waals surface area contributed by atoms with Crippen LogP contribution >= 0.6 is 0 Å². The maximum Gasteiger partial charge on any atom is 0.339 e. The lowest BCUT2D eigenvalue weighted by atomic mass is 10.1. The normalized spacial score (nSPS) is 12.2. The zero-order chi connectivity index (χ0) is 15.6. The van der Waals surface area contributed by atoms with Gasteiger partial charge < -0.3 is 9.84 Å². The van der Waals surface area contributed by atoms with E-state index in [-0.39, 0.29) is 12.1 Å². The summed E-state index contributed by atoms with van der Waals surface area (Å²) in [5.41, 5.74) is -1.57. The van der Waals surface area contributed by atoms with Crippen molar-refractivity contribution in [3.05, 3.63) is 29.6 Å². The minimum Gasteiger partial charge on any atom is -0.465 e. The highest BCUT2D eigenvalue weighted by Gasteiger charge is 2.25. The summed E-state index contributed by atoms with van der Waals surface area (Å²) in [6.07, 6.45) is 0. The van der Waals surface area contributed by atoms with E-state index in [2.05, 4.69) is 9.46 Å². The highest BCUT2D eigenvalue weighted by atomic mass is 32.2. The second-order valence-corrected chi connectivity index (χ2v) is 6.50. The zero-order valence-corrected chi connectivity index (χ0v) is 12.1. The van der Waals surface area contributed by atoms with Crippen LogP contribution in [0.2, 0.25) is 0 Å². The second kappa shape index (κ2) is 5.86. The van der Waals surface area contributed by atoms with Gasteiger partial charge in [-0.15, -0.1) is 0 Å². The van der Waals surface area contributed by atoms with Crippen molar-refractivity contribution in [2.45, 2.75) is 24.3 Å². The SMILES string of the molecule is COC(=O)c1ccc(F)cc1S(=O)(=O)NCC(C)(C)O. The Hall–Kier alpha value is -1.51. The van der Waals surface area contributed by atoms with E-state index in [9.17, 15) is 22.7 Å². The molecule has 0 aliphatic heterocycles. The average molecular weight is 305 g/mol. The van der Waals surface area contributed by atoms with E-state index in [1.165, 1.54) is 13.8 Å². The van der Waals surface area contributed by atoms with Gasteiger partial charge in [0.25, 0.3) is 0 Å². The number of halogens is 1. The molecule has 0 amide bonds. The number of benzene rings is 1. The van der Waals surface area contributed by atoms with Crippen molar-refractivity contribution in [2.75, 3.05) is 13.7 Å². The van der Waals surface area contributed by atoms with Crippen LogP contribution in [-0.4, -0.2) is 38.7 Å². The van der Waals surface area contributed by atoms with Crippen LogP contribution < -0.4 is 4.72 Å². The Morgan fingerprint density at radius 2 is 2.05 bits per heavy atom. The largest absolute Gasteiger partial charge is 0.465 e. The summed E-state index contributed by atoms with van der Waals surface area (Å²) in [6, 6.07) is 2.71. The molecule has 8 heteroatoms. The van der Waals surface area contributed by atoms with Gasteiger partial charge in [0, 0.05) is 6.54 Å². The van der Waals surface area contributed by atoms with Gasteiger partial charge in [-0.05, 0) is 32.0 Å². The molecule has 0 radical (unpaired) electrons. The molecular formula is C12H16FNO5S. The molecule has 0 heterocycles. The van der Waals surface area contributed by atoms with E-state index in [0.717, 1.165) is 25.3 Å². The number of ether oxygens (including phenoxy) is 1. The number of esters is 1. The molecule has 0 aromatic heterocycles. The van der Waals surface area contributed by atoms with Crippen molar-refractivity contribution in [3.8, 4) is 0 Å². The second-order valence-electron chi connectivity index (χ2n) is 4.77. The molecule has 0 aliphatic rings. The van der Waals surface area contributed by atoms with Gasteiger partial charge >= 0.3 is 5.97 Å². The standard InChI is InChI=1S/C12H16FNO5S/c1-12(2,16)7-14-20(17,18)10-6-8(13)4-5-9(10)11(15)19-3/h4-6,14,16H,7H2,1-3H3. The molecule has 2 N–H and O–H groups in total. The number of carbonyl (C=O) groups is 1. The van der Waals surface area contributed by atoms with E-state index < -0.39 is 32.3 Å². The van der Waals surface area contributed by atoms with Crippen LogP contribution in [0.5, 0.6) is 0 Å². The number of sulfonamides is 1. The third-order valence-electron chi connectivity index (χ3n) is 2.33. The Balaban J connectivity index is 3.23. The van der Waals surface area contributed by atoms with Gasteiger partial charge in [-0.1, -0.05) is 0 Å². The monoisotopic (exact) mass is 305 g/mol. The molecule has 1 rings (SSSR count). The number of rotatable bonds is 5. The predicted octanol–water partition coefficient (Wildman–Crippen LogP) is 0.661. The molecule has 0 atom stereocenters. The average Bonchev–Trinajstić information content (AvgIpc) is 2.35. The molecule has 0 saturated heterocycles. The maximum atomic E-state index is 13.2. The van der Waals surface area contributed by atoms with Gasteiger partial charge in [-0.2, -0.15) is 0 Å². The van der Waals surface area contributed by atoms with Gasteiger partial charge in [0.2, 0.25) is 10.0 Å². The first-order valence-corrected chi connectivity index (χ1v) is 7.15. The molecule has 20 heavy (non-hydrogen) atoms. The number of hydrogen-bond acceptors (Lipinski definition) is 5. The molecule has 0 bridgehead atoms. The summed E-state index contributed by atoms with van der Waals surface area (Å²) >= 11 is 0. The topological polar surface area (TPSA) is 92.7 Å². The van der Waals surface area contributed by atoms with E-state index in [1.54, 1.807) is 0 Å². The Labute approximate surface area is 116 Å². The highest BCUT2D eigenvalue weighted by Crippen LogP contribution is 2.18. The van der Waals surface area contributed by atoms with E-state index in [1.807, 2.05) is 0 Å². The molecule has 0 saturated carbocycles. The first-order chi connectivity index (χ1) is 9.07. The number of aliphatic hydroxyl groups is 1. The Morgan fingerprint density at radius 3 is 2.55 bits per heavy atom. The van der Waals surface area contributed by atoms with Crippen LogP contribution in [-0.2, 0) is 14.8 Å². The van der Waals surface area contributed by atoms with E-state index in [0.29, 0.717) is 0 Å². The summed E-state index contributed by atoms with van der Waals surface area (Å²) in [6.45, 7) is 2.52. The predicted molar refractivity (Wildman–Crippen MR) is 69.2 cm³/mol. The number of nitrogens with one attached hydrogen (secondary N) is 1. The minimum atomic E-state index is -4.15. The first kappa shape index (κ1) is 16.5. The molecular weight excluding hydrogens is 289 g/mol. The van der Waals surface area contributed by atoms with Crippen molar-refractivity contribution in [3.63, 3.8) is 0 Å². The first-order valence-electron chi connectivity index (χ1n) is 5.67. The zero-order valence-electron chi connectivity index (χ0n) is 11.3. The van der Waals surface area contributed by atoms with Crippen molar-refractivity contribution in [1.82, 2.24) is 4.72 Å². The molecule has 0 aliphatic carbocycles. The fourth-order valence-corrected chi connectivity index (χ4v) is 2.75. The number of methoxy groups -OCH3 is 1. The van der Waals surface area contributed by atoms with Gasteiger partial charge in [-0.25, -0.2) is 22.3 Å². The smallest absolute Gasteiger partial charge is 0.339 e. The van der Waals surface area contributed by atoms with Crippen molar-refractivity contribution < 1.29 is 27.4 Å². The summed E-state index contributed by atoms with van der Waals surface area (Å²) in [5.74, 6) is -1.70. The lowest BCUT2D eigenvalue weighted by Crippen LogP contribution is -2.38. The van der Waals surface area contributed by atoms with Crippen molar-refractivity contribution in [1.29, 1.82) is 0 Å². The molecule has 6 nitrogen and oxygen atoms in total. The van der Waals surface area contributed by atoms with Crippen LogP contribution in [0.15, 0.2) is 23.1 Å². The molecule has 0 fully saturated rings. The number of carbonyl (C=O) groups excluding carboxylic acids is 1. The Bertz CT molecular complexity index is 607. The fourth-order valence-electron chi connectivity index (χ4n) is 1.35. The third kappa shape index (κ3) is 4.26. The molecule has 0 spiro atoms. The fraction of sp³-hybridized carbons (Fsp3) is 0.417. The Kier molecular flexibility index (Phi) is 4.85. The molecule has 1 aromatic rings. The quantitative estimate of drug-likeness (QED) is 0.780. The van der Waals surface area contributed by atoms with Crippen LogP contribution in [0.3, 0.4) is 0 Å². The molecule has 0 unspecified atom stereocenters. The Morgan fingerprint density at radius 1 is 1.45 bits per heavy atom. The highest BCUT2D eigenvalue weighted by molar-refractivity contribution is 7.89. The maximum absolute atomic E-state index is 13.2. The summed E-state index contributed by atoms with van der Waals surface area (Å²) in [7, 11) is -3.06. The summed E-state index contributed by atoms with van der Waals surface area (Å²) in [4.78, 5) is 11.0. The lowest BCUT2D eigenvalue weighted by Gasteiger charge is -2.18. The van der Waals surface area contributed by atoms with Gasteiger partial charge in [0.05, 0.1) is 23.2 Å². The molecule has 112 valence electrons. The number of hydrogen-bond donors (Lipinski definition) is 2. The van der Waals surface area contributed by atoms with Crippen LogP contribution in [0.1, 0.15) is 24.2 Å². The van der Waals surface area contributed by atoms with Crippen molar-refractivity contribution in [2.24, 2.45) is 0 Å². The summed E-state index contributed by atoms with van der Waals surface area (Å²) in [5, 5.41) is 9.51. The van der Waals surface area contributed by atoms with Crippen LogP contribution in [0.4, 0.5) is 4.39 Å². The lowest BCUT2D eigenvalue weighted by molar-refractivity contribution is 0.0596. The van der Waals surface area contributed by atoms with Crippen molar-refractivity contribution >= 4 is 16.0 Å². The molecule has 1 aromatic carbocycles. The third-order valence-corrected chi connectivity index (χ3v) is 3.77.